The number of benzene rings is 3. The number of nitrogens with zero attached hydrogens (tertiary/aromatic N) is 2. The molecule has 1 aromatic heterocycles. The zero-order chi connectivity index (χ0) is 20.1. The summed E-state index contributed by atoms with van der Waals surface area (Å²) in [7, 11) is 0. The van der Waals surface area contributed by atoms with Gasteiger partial charge in [0.25, 0.3) is 0 Å². The first-order valence-electron chi connectivity index (χ1n) is 9.70. The number of rotatable bonds is 6. The molecule has 4 rings (SSSR count). The predicted octanol–water partition coefficient (Wildman–Crippen LogP) is 4.72. The molecule has 4 nitrogen and oxygen atoms in total. The van der Waals surface area contributed by atoms with E-state index < -0.39 is 0 Å². The molecule has 0 saturated carbocycles. The Bertz CT molecular complexity index is 1140. The second-order valence-electron chi connectivity index (χ2n) is 7.05. The van der Waals surface area contributed by atoms with Crippen molar-refractivity contribution in [1.82, 2.24) is 14.9 Å². The van der Waals surface area contributed by atoms with Crippen molar-refractivity contribution in [2.45, 2.75) is 20.0 Å². The van der Waals surface area contributed by atoms with Crippen LogP contribution in [-0.2, 0) is 17.9 Å². The van der Waals surface area contributed by atoms with Crippen LogP contribution in [-0.4, -0.2) is 15.5 Å². The minimum atomic E-state index is -0.136. The third-order valence-corrected chi connectivity index (χ3v) is 4.84. The van der Waals surface area contributed by atoms with Gasteiger partial charge in [0, 0.05) is 12.6 Å². The van der Waals surface area contributed by atoms with E-state index in [1.165, 1.54) is 11.1 Å². The number of hydrogen-bond acceptors (Lipinski definition) is 2. The van der Waals surface area contributed by atoms with Gasteiger partial charge in [0.2, 0.25) is 5.91 Å². The largest absolute Gasteiger partial charge is 0.345 e. The lowest BCUT2D eigenvalue weighted by Gasteiger charge is -2.10. The van der Waals surface area contributed by atoms with Crippen LogP contribution in [0.1, 0.15) is 22.5 Å². The number of amides is 1. The minimum absolute atomic E-state index is 0.136. The fourth-order valence-electron chi connectivity index (χ4n) is 3.27. The van der Waals surface area contributed by atoms with Crippen LogP contribution < -0.4 is 5.32 Å². The first kappa shape index (κ1) is 18.7. The van der Waals surface area contributed by atoms with Crippen molar-refractivity contribution in [1.29, 1.82) is 0 Å². The van der Waals surface area contributed by atoms with Crippen molar-refractivity contribution in [3.63, 3.8) is 0 Å². The molecule has 0 radical (unpaired) electrons. The Morgan fingerprint density at radius 1 is 0.966 bits per heavy atom. The van der Waals surface area contributed by atoms with E-state index in [0.29, 0.717) is 13.1 Å². The number of carbonyl (C=O) groups is 1. The summed E-state index contributed by atoms with van der Waals surface area (Å²) in [5, 5.41) is 2.96. The van der Waals surface area contributed by atoms with Gasteiger partial charge in [-0.2, -0.15) is 0 Å². The van der Waals surface area contributed by atoms with Crippen molar-refractivity contribution < 1.29 is 4.79 Å². The molecule has 1 N–H and O–H groups in total. The Morgan fingerprint density at radius 3 is 2.48 bits per heavy atom. The molecule has 29 heavy (non-hydrogen) atoms. The smallest absolute Gasteiger partial charge is 0.244 e. The van der Waals surface area contributed by atoms with E-state index in [1.54, 1.807) is 6.08 Å². The predicted molar refractivity (Wildman–Crippen MR) is 117 cm³/mol. The van der Waals surface area contributed by atoms with Gasteiger partial charge in [-0.15, -0.1) is 0 Å². The van der Waals surface area contributed by atoms with Gasteiger partial charge >= 0.3 is 0 Å². The van der Waals surface area contributed by atoms with Crippen LogP contribution in [0.2, 0.25) is 0 Å². The zero-order valence-electron chi connectivity index (χ0n) is 16.4. The minimum Gasteiger partial charge on any atom is -0.345 e. The summed E-state index contributed by atoms with van der Waals surface area (Å²) in [6.07, 6.45) is 3.37. The first-order chi connectivity index (χ1) is 14.2. The molecular weight excluding hydrogens is 358 g/mol. The van der Waals surface area contributed by atoms with Gasteiger partial charge in [0.1, 0.15) is 5.82 Å². The number of para-hydroxylation sites is 2. The molecule has 0 bridgehead atoms. The van der Waals surface area contributed by atoms with Gasteiger partial charge in [0.15, 0.2) is 0 Å². The van der Waals surface area contributed by atoms with Crippen LogP contribution >= 0.6 is 0 Å². The normalized spacial score (nSPS) is 11.2. The molecule has 1 heterocycles. The molecule has 4 aromatic rings. The quantitative estimate of drug-likeness (QED) is 0.491. The highest BCUT2D eigenvalue weighted by Gasteiger charge is 2.11. The van der Waals surface area contributed by atoms with Crippen LogP contribution in [0.5, 0.6) is 0 Å². The molecule has 0 unspecified atom stereocenters. The molecule has 0 fully saturated rings. The lowest BCUT2D eigenvalue weighted by Crippen LogP contribution is -2.23. The Labute approximate surface area is 170 Å². The van der Waals surface area contributed by atoms with Gasteiger partial charge in [0.05, 0.1) is 17.6 Å². The molecule has 1 amide bonds. The summed E-state index contributed by atoms with van der Waals surface area (Å²) in [4.78, 5) is 17.0. The van der Waals surface area contributed by atoms with Crippen molar-refractivity contribution in [2.24, 2.45) is 0 Å². The van der Waals surface area contributed by atoms with Crippen molar-refractivity contribution in [3.05, 3.63) is 107 Å². The number of aromatic nitrogens is 2. The molecule has 0 spiro atoms. The standard InChI is InChI=1S/C25H23N3O/c1-19-11-13-21(14-12-19)18-28-23-10-6-5-9-22(23)27-24(28)17-26-25(29)16-15-20-7-3-2-4-8-20/h2-16H,17-18H2,1H3,(H,26,29)/b16-15+. The topological polar surface area (TPSA) is 46.9 Å². The number of carbonyl (C=O) groups excluding carboxylic acids is 1. The Balaban J connectivity index is 1.52. The Morgan fingerprint density at radius 2 is 1.69 bits per heavy atom. The maximum atomic E-state index is 12.3. The average Bonchev–Trinajstić information content (AvgIpc) is 3.10. The lowest BCUT2D eigenvalue weighted by atomic mass is 10.1. The van der Waals surface area contributed by atoms with E-state index in [2.05, 4.69) is 47.1 Å². The summed E-state index contributed by atoms with van der Waals surface area (Å²) in [5.74, 6) is 0.705. The highest BCUT2D eigenvalue weighted by atomic mass is 16.1. The molecule has 3 aromatic carbocycles. The molecular formula is C25H23N3O. The summed E-state index contributed by atoms with van der Waals surface area (Å²) in [6.45, 7) is 3.17. The number of fused-ring (bicyclic) bond motifs is 1. The summed E-state index contributed by atoms with van der Waals surface area (Å²) >= 11 is 0. The lowest BCUT2D eigenvalue weighted by molar-refractivity contribution is -0.116. The van der Waals surface area contributed by atoms with Gasteiger partial charge in [-0.1, -0.05) is 72.3 Å². The second kappa shape index (κ2) is 8.57. The number of nitrogens with one attached hydrogen (secondary N) is 1. The van der Waals surface area contributed by atoms with E-state index >= 15 is 0 Å². The summed E-state index contributed by atoms with van der Waals surface area (Å²) < 4.78 is 2.17. The molecule has 0 aliphatic rings. The van der Waals surface area contributed by atoms with Crippen molar-refractivity contribution >= 4 is 23.0 Å². The Kier molecular flexibility index (Phi) is 5.52. The van der Waals surface area contributed by atoms with E-state index in [9.17, 15) is 4.79 Å². The second-order valence-corrected chi connectivity index (χ2v) is 7.05. The Hall–Kier alpha value is -3.66. The van der Waals surface area contributed by atoms with E-state index in [4.69, 9.17) is 4.98 Å². The maximum Gasteiger partial charge on any atom is 0.244 e. The summed E-state index contributed by atoms with van der Waals surface area (Å²) in [5.41, 5.74) is 5.44. The monoisotopic (exact) mass is 381 g/mol. The van der Waals surface area contributed by atoms with Crippen molar-refractivity contribution in [2.75, 3.05) is 0 Å². The van der Waals surface area contributed by atoms with Crippen molar-refractivity contribution in [3.8, 4) is 0 Å². The third-order valence-electron chi connectivity index (χ3n) is 4.84. The highest BCUT2D eigenvalue weighted by Crippen LogP contribution is 2.18. The molecule has 144 valence electrons. The maximum absolute atomic E-state index is 12.3. The zero-order valence-corrected chi connectivity index (χ0v) is 16.4. The number of hydrogen-bond donors (Lipinski definition) is 1. The van der Waals surface area contributed by atoms with E-state index in [-0.39, 0.29) is 5.91 Å². The number of imidazole rings is 1. The van der Waals surface area contributed by atoms with Gasteiger partial charge < -0.3 is 9.88 Å². The highest BCUT2D eigenvalue weighted by molar-refractivity contribution is 5.91. The van der Waals surface area contributed by atoms with Crippen LogP contribution in [0.3, 0.4) is 0 Å². The fourth-order valence-corrected chi connectivity index (χ4v) is 3.27. The average molecular weight is 381 g/mol. The van der Waals surface area contributed by atoms with Crippen LogP contribution in [0.4, 0.5) is 0 Å². The molecule has 0 aliphatic carbocycles. The van der Waals surface area contributed by atoms with Crippen LogP contribution in [0, 0.1) is 6.92 Å². The third kappa shape index (κ3) is 4.61. The van der Waals surface area contributed by atoms with Gasteiger partial charge in [-0.05, 0) is 36.3 Å². The first-order valence-corrected chi connectivity index (χ1v) is 9.70. The van der Waals surface area contributed by atoms with E-state index in [1.807, 2.05) is 54.6 Å². The molecule has 4 heteroatoms. The van der Waals surface area contributed by atoms with E-state index in [0.717, 1.165) is 22.4 Å². The van der Waals surface area contributed by atoms with Gasteiger partial charge in [-0.3, -0.25) is 4.79 Å². The molecule has 0 atom stereocenters. The van der Waals surface area contributed by atoms with Gasteiger partial charge in [-0.25, -0.2) is 4.98 Å². The SMILES string of the molecule is Cc1ccc(Cn2c(CNC(=O)/C=C/c3ccccc3)nc3ccccc32)cc1. The van der Waals surface area contributed by atoms with Crippen LogP contribution in [0.25, 0.3) is 17.1 Å². The summed E-state index contributed by atoms with van der Waals surface area (Å²) in [6, 6.07) is 26.3. The fraction of sp³-hybridized carbons (Fsp3) is 0.120. The molecule has 0 saturated heterocycles. The van der Waals surface area contributed by atoms with Crippen LogP contribution in [0.15, 0.2) is 84.9 Å². The number of aryl methyl sites for hydroxylation is 1. The molecule has 0 aliphatic heterocycles.